The summed E-state index contributed by atoms with van der Waals surface area (Å²) < 4.78 is 0. The average Bonchev–Trinajstić information content (AvgIpc) is 2.20. The third kappa shape index (κ3) is 2.93. The molecule has 2 N–H and O–H groups in total. The molecule has 0 heterocycles. The molecule has 0 amide bonds. The third-order valence-corrected chi connectivity index (χ3v) is 3.03. The Labute approximate surface area is 99.6 Å². The first-order chi connectivity index (χ1) is 7.37. The normalized spacial score (nSPS) is 14.5. The van der Waals surface area contributed by atoms with E-state index in [1.165, 1.54) is 6.07 Å². The van der Waals surface area contributed by atoms with Gasteiger partial charge in [-0.15, -0.1) is 0 Å². The summed E-state index contributed by atoms with van der Waals surface area (Å²) in [5, 5.41) is 11.3. The summed E-state index contributed by atoms with van der Waals surface area (Å²) in [5.74, 6) is 0. The van der Waals surface area contributed by atoms with Gasteiger partial charge in [-0.2, -0.15) is 0 Å². The van der Waals surface area contributed by atoms with Crippen LogP contribution >= 0.6 is 11.6 Å². The molecule has 0 aromatic heterocycles. The molecular formula is C11H15ClN2O2. The van der Waals surface area contributed by atoms with Crippen molar-refractivity contribution in [3.63, 3.8) is 0 Å². The van der Waals surface area contributed by atoms with Crippen LogP contribution in [0, 0.1) is 10.1 Å². The van der Waals surface area contributed by atoms with Gasteiger partial charge >= 0.3 is 0 Å². The van der Waals surface area contributed by atoms with E-state index in [1.54, 1.807) is 12.1 Å². The van der Waals surface area contributed by atoms with Gasteiger partial charge in [0, 0.05) is 11.6 Å². The molecule has 88 valence electrons. The lowest BCUT2D eigenvalue weighted by atomic mass is 9.90. The van der Waals surface area contributed by atoms with E-state index < -0.39 is 10.5 Å². The number of nitrogens with two attached hydrogens (primary N) is 1. The quantitative estimate of drug-likeness (QED) is 0.652. The molecule has 0 saturated heterocycles. The van der Waals surface area contributed by atoms with Crippen LogP contribution < -0.4 is 5.73 Å². The van der Waals surface area contributed by atoms with Gasteiger partial charge in [-0.1, -0.05) is 24.6 Å². The van der Waals surface area contributed by atoms with Crippen LogP contribution in [0.5, 0.6) is 0 Å². The number of nitro benzene ring substituents is 1. The fourth-order valence-corrected chi connectivity index (χ4v) is 1.66. The van der Waals surface area contributed by atoms with E-state index in [9.17, 15) is 10.1 Å². The number of benzene rings is 1. The maximum atomic E-state index is 10.9. The third-order valence-electron chi connectivity index (χ3n) is 2.68. The SMILES string of the molecule is CCC(C)(N)Cc1c(Cl)cccc1[N+](=O)[O-]. The standard InChI is InChI=1S/C11H15ClN2O2/c1-3-11(2,13)7-8-9(12)5-4-6-10(8)14(15)16/h4-6H,3,7,13H2,1-2H3. The molecule has 0 radical (unpaired) electrons. The maximum Gasteiger partial charge on any atom is 0.274 e. The van der Waals surface area contributed by atoms with Crippen molar-refractivity contribution < 1.29 is 4.92 Å². The first kappa shape index (κ1) is 12.9. The van der Waals surface area contributed by atoms with E-state index in [-0.39, 0.29) is 5.69 Å². The van der Waals surface area contributed by atoms with Crippen LogP contribution in [0.15, 0.2) is 18.2 Å². The molecule has 1 atom stereocenters. The van der Waals surface area contributed by atoms with E-state index in [0.29, 0.717) is 17.0 Å². The molecule has 1 rings (SSSR count). The minimum Gasteiger partial charge on any atom is -0.325 e. The smallest absolute Gasteiger partial charge is 0.274 e. The second-order valence-corrected chi connectivity index (χ2v) is 4.59. The minimum absolute atomic E-state index is 0.0395. The molecule has 0 bridgehead atoms. The predicted octanol–water partition coefficient (Wildman–Crippen LogP) is 2.92. The van der Waals surface area contributed by atoms with Crippen molar-refractivity contribution in [3.05, 3.63) is 38.9 Å². The van der Waals surface area contributed by atoms with Gasteiger partial charge in [-0.25, -0.2) is 0 Å². The van der Waals surface area contributed by atoms with Crippen LogP contribution in [0.25, 0.3) is 0 Å². The molecule has 0 fully saturated rings. The monoisotopic (exact) mass is 242 g/mol. The average molecular weight is 243 g/mol. The molecule has 1 aromatic carbocycles. The molecule has 16 heavy (non-hydrogen) atoms. The van der Waals surface area contributed by atoms with E-state index >= 15 is 0 Å². The summed E-state index contributed by atoms with van der Waals surface area (Å²) in [6.45, 7) is 3.81. The second kappa shape index (κ2) is 4.80. The predicted molar refractivity (Wildman–Crippen MR) is 64.7 cm³/mol. The zero-order valence-corrected chi connectivity index (χ0v) is 10.1. The van der Waals surface area contributed by atoms with Gasteiger partial charge in [0.1, 0.15) is 0 Å². The number of nitro groups is 1. The Hall–Kier alpha value is -1.13. The topological polar surface area (TPSA) is 69.2 Å². The van der Waals surface area contributed by atoms with E-state index in [0.717, 1.165) is 6.42 Å². The van der Waals surface area contributed by atoms with Crippen molar-refractivity contribution in [2.45, 2.75) is 32.2 Å². The Morgan fingerprint density at radius 3 is 2.69 bits per heavy atom. The first-order valence-electron chi connectivity index (χ1n) is 5.08. The minimum atomic E-state index is -0.476. The highest BCUT2D eigenvalue weighted by atomic mass is 35.5. The lowest BCUT2D eigenvalue weighted by Crippen LogP contribution is -2.37. The van der Waals surface area contributed by atoms with Crippen LogP contribution in [0.3, 0.4) is 0 Å². The lowest BCUT2D eigenvalue weighted by Gasteiger charge is -2.22. The number of halogens is 1. The number of rotatable bonds is 4. The van der Waals surface area contributed by atoms with Crippen molar-refractivity contribution in [1.29, 1.82) is 0 Å². The Morgan fingerprint density at radius 2 is 2.19 bits per heavy atom. The van der Waals surface area contributed by atoms with Crippen LogP contribution in [-0.4, -0.2) is 10.5 Å². The highest BCUT2D eigenvalue weighted by Gasteiger charge is 2.24. The Morgan fingerprint density at radius 1 is 1.56 bits per heavy atom. The largest absolute Gasteiger partial charge is 0.325 e. The number of nitrogens with zero attached hydrogens (tertiary/aromatic N) is 1. The Kier molecular flexibility index (Phi) is 3.88. The molecule has 0 aliphatic heterocycles. The summed E-state index contributed by atoms with van der Waals surface area (Å²) in [6.07, 6.45) is 1.13. The Bertz CT molecular complexity index is 405. The maximum absolute atomic E-state index is 10.9. The van der Waals surface area contributed by atoms with Crippen molar-refractivity contribution in [1.82, 2.24) is 0 Å². The van der Waals surface area contributed by atoms with Gasteiger partial charge in [-0.05, 0) is 25.8 Å². The molecule has 0 aliphatic rings. The van der Waals surface area contributed by atoms with Crippen molar-refractivity contribution >= 4 is 17.3 Å². The van der Waals surface area contributed by atoms with Crippen LogP contribution in [-0.2, 0) is 6.42 Å². The number of hydrogen-bond donors (Lipinski definition) is 1. The highest BCUT2D eigenvalue weighted by molar-refractivity contribution is 6.31. The molecule has 1 unspecified atom stereocenters. The zero-order chi connectivity index (χ0) is 12.3. The van der Waals surface area contributed by atoms with Crippen LogP contribution in [0.4, 0.5) is 5.69 Å². The van der Waals surface area contributed by atoms with E-state index in [1.807, 2.05) is 13.8 Å². The molecule has 5 heteroatoms. The van der Waals surface area contributed by atoms with Gasteiger partial charge in [0.05, 0.1) is 15.5 Å². The molecule has 0 saturated carbocycles. The second-order valence-electron chi connectivity index (χ2n) is 4.18. The zero-order valence-electron chi connectivity index (χ0n) is 9.37. The summed E-state index contributed by atoms with van der Waals surface area (Å²) in [4.78, 5) is 10.4. The Balaban J connectivity index is 3.16. The van der Waals surface area contributed by atoms with Gasteiger partial charge in [0.2, 0.25) is 0 Å². The van der Waals surface area contributed by atoms with E-state index in [4.69, 9.17) is 17.3 Å². The van der Waals surface area contributed by atoms with Crippen LogP contribution in [0.2, 0.25) is 5.02 Å². The van der Waals surface area contributed by atoms with Gasteiger partial charge < -0.3 is 5.73 Å². The summed E-state index contributed by atoms with van der Waals surface area (Å²) >= 11 is 5.98. The van der Waals surface area contributed by atoms with Gasteiger partial charge in [0.15, 0.2) is 0 Å². The lowest BCUT2D eigenvalue weighted by molar-refractivity contribution is -0.385. The van der Waals surface area contributed by atoms with Crippen molar-refractivity contribution in [3.8, 4) is 0 Å². The fourth-order valence-electron chi connectivity index (χ4n) is 1.42. The summed E-state index contributed by atoms with van der Waals surface area (Å²) in [7, 11) is 0. The van der Waals surface area contributed by atoms with Gasteiger partial charge in [-0.3, -0.25) is 10.1 Å². The molecular weight excluding hydrogens is 228 g/mol. The molecule has 4 nitrogen and oxygen atoms in total. The summed E-state index contributed by atoms with van der Waals surface area (Å²) in [5.41, 5.74) is 6.08. The van der Waals surface area contributed by atoms with Crippen molar-refractivity contribution in [2.24, 2.45) is 5.73 Å². The summed E-state index contributed by atoms with van der Waals surface area (Å²) in [6, 6.07) is 4.67. The fraction of sp³-hybridized carbons (Fsp3) is 0.455. The molecule has 1 aromatic rings. The number of hydrogen-bond acceptors (Lipinski definition) is 3. The molecule has 0 aliphatic carbocycles. The van der Waals surface area contributed by atoms with E-state index in [2.05, 4.69) is 0 Å². The molecule has 0 spiro atoms. The highest BCUT2D eigenvalue weighted by Crippen LogP contribution is 2.29. The van der Waals surface area contributed by atoms with Crippen LogP contribution in [0.1, 0.15) is 25.8 Å². The van der Waals surface area contributed by atoms with Gasteiger partial charge in [0.25, 0.3) is 5.69 Å². The van der Waals surface area contributed by atoms with Crippen molar-refractivity contribution in [2.75, 3.05) is 0 Å². The first-order valence-corrected chi connectivity index (χ1v) is 5.46.